The van der Waals surface area contributed by atoms with Gasteiger partial charge < -0.3 is 24.1 Å². The summed E-state index contributed by atoms with van der Waals surface area (Å²) in [6, 6.07) is 8.90. The lowest BCUT2D eigenvalue weighted by molar-refractivity contribution is 0.000367. The van der Waals surface area contributed by atoms with E-state index in [-0.39, 0.29) is 51.1 Å². The first-order valence-electron chi connectivity index (χ1n) is 13.2. The minimum Gasteiger partial charge on any atom is -0.506 e. The number of aromatic hydroxyl groups is 2. The van der Waals surface area contributed by atoms with Crippen LogP contribution in [0.5, 0.6) is 17.2 Å². The molecule has 0 unspecified atom stereocenters. The number of benzene rings is 3. The number of carbonyl (C=O) groups excluding carboxylic acids is 3. The molecule has 40 heavy (non-hydrogen) atoms. The van der Waals surface area contributed by atoms with E-state index in [4.69, 9.17) is 13.9 Å². The van der Waals surface area contributed by atoms with Gasteiger partial charge in [-0.2, -0.15) is 0 Å². The molecule has 0 aromatic heterocycles. The quantitative estimate of drug-likeness (QED) is 0.237. The number of phenols is 2. The third kappa shape index (κ3) is 5.05. The molecule has 0 saturated carbocycles. The summed E-state index contributed by atoms with van der Waals surface area (Å²) in [4.78, 5) is 38.3. The van der Waals surface area contributed by atoms with Gasteiger partial charge in [0, 0.05) is 22.9 Å². The minimum absolute atomic E-state index is 0.0239. The van der Waals surface area contributed by atoms with Gasteiger partial charge in [-0.1, -0.05) is 32.9 Å². The Kier molecular flexibility index (Phi) is 7.95. The summed E-state index contributed by atoms with van der Waals surface area (Å²) in [5.74, 6) is -0.768. The number of rotatable bonds is 8. The van der Waals surface area contributed by atoms with E-state index in [1.165, 1.54) is 0 Å². The van der Waals surface area contributed by atoms with E-state index in [0.29, 0.717) is 23.9 Å². The highest BCUT2D eigenvalue weighted by Gasteiger charge is 2.46. The van der Waals surface area contributed by atoms with Gasteiger partial charge >= 0.3 is 0 Å². The largest absolute Gasteiger partial charge is 0.506 e. The molecular formula is C31H36O8Si. The zero-order chi connectivity index (χ0) is 29.6. The van der Waals surface area contributed by atoms with Crippen molar-refractivity contribution in [3.63, 3.8) is 0 Å². The number of methoxy groups -OCH3 is 1. The summed E-state index contributed by atoms with van der Waals surface area (Å²) < 4.78 is 18.1. The van der Waals surface area contributed by atoms with Crippen LogP contribution in [0.3, 0.4) is 0 Å². The second-order valence-corrected chi connectivity index (χ2v) is 16.5. The van der Waals surface area contributed by atoms with Gasteiger partial charge in [0.2, 0.25) is 0 Å². The molecule has 3 aromatic carbocycles. The van der Waals surface area contributed by atoms with Crippen molar-refractivity contribution in [3.8, 4) is 17.2 Å². The van der Waals surface area contributed by atoms with E-state index in [1.54, 1.807) is 20.1 Å². The van der Waals surface area contributed by atoms with Crippen molar-refractivity contribution in [1.82, 2.24) is 0 Å². The molecule has 2 N–H and O–H groups in total. The third-order valence-electron chi connectivity index (χ3n) is 8.25. The van der Waals surface area contributed by atoms with E-state index in [0.717, 1.165) is 5.56 Å². The number of carbonyl (C=O) groups is 3. The molecule has 0 fully saturated rings. The molecule has 0 heterocycles. The molecule has 0 bridgehead atoms. The second-order valence-electron chi connectivity index (χ2n) is 11.8. The first-order valence-corrected chi connectivity index (χ1v) is 16.1. The number of phenolic OH excluding ortho intramolecular Hbond substituents is 2. The van der Waals surface area contributed by atoms with Crippen molar-refractivity contribution < 1.29 is 38.5 Å². The van der Waals surface area contributed by atoms with Crippen LogP contribution in [0.1, 0.15) is 81.1 Å². The Balaban J connectivity index is 1.92. The molecule has 0 radical (unpaired) electrons. The van der Waals surface area contributed by atoms with Crippen molar-refractivity contribution in [1.29, 1.82) is 0 Å². The van der Waals surface area contributed by atoms with Gasteiger partial charge in [-0.3, -0.25) is 14.4 Å². The summed E-state index contributed by atoms with van der Waals surface area (Å²) in [5.41, 5.74) is 1.51. The Morgan fingerprint density at radius 2 is 1.62 bits per heavy atom. The molecule has 4 rings (SSSR count). The van der Waals surface area contributed by atoms with Gasteiger partial charge in [-0.15, -0.1) is 0 Å². The zero-order valence-electron chi connectivity index (χ0n) is 24.0. The smallest absolute Gasteiger partial charge is 0.194 e. The van der Waals surface area contributed by atoms with E-state index >= 15 is 0 Å². The summed E-state index contributed by atoms with van der Waals surface area (Å²) in [6.45, 7) is 12.1. The molecular weight excluding hydrogens is 528 g/mol. The van der Waals surface area contributed by atoms with Crippen LogP contribution in [0.4, 0.5) is 0 Å². The van der Waals surface area contributed by atoms with Crippen LogP contribution in [0.25, 0.3) is 10.8 Å². The highest BCUT2D eigenvalue weighted by Crippen LogP contribution is 2.49. The van der Waals surface area contributed by atoms with Crippen LogP contribution in [0.15, 0.2) is 30.3 Å². The normalized spacial score (nSPS) is 17.5. The fourth-order valence-electron chi connectivity index (χ4n) is 4.94. The van der Waals surface area contributed by atoms with Crippen LogP contribution >= 0.6 is 0 Å². The highest BCUT2D eigenvalue weighted by atomic mass is 28.4. The maximum absolute atomic E-state index is 14.0. The van der Waals surface area contributed by atoms with Gasteiger partial charge in [-0.05, 0) is 54.4 Å². The van der Waals surface area contributed by atoms with Gasteiger partial charge in [0.25, 0.3) is 0 Å². The average molecular weight is 565 g/mol. The lowest BCUT2D eigenvalue weighted by Gasteiger charge is -2.41. The zero-order valence-corrected chi connectivity index (χ0v) is 25.0. The van der Waals surface area contributed by atoms with Crippen LogP contribution in [-0.4, -0.2) is 50.1 Å². The summed E-state index contributed by atoms with van der Waals surface area (Å²) in [5, 5.41) is 22.4. The monoisotopic (exact) mass is 564 g/mol. The van der Waals surface area contributed by atoms with Crippen LogP contribution in [0.2, 0.25) is 18.1 Å². The molecule has 8 nitrogen and oxygen atoms in total. The molecule has 0 amide bonds. The van der Waals surface area contributed by atoms with Gasteiger partial charge in [0.05, 0.1) is 36.3 Å². The first kappa shape index (κ1) is 29.4. The molecule has 1 aliphatic carbocycles. The van der Waals surface area contributed by atoms with E-state index in [2.05, 4.69) is 20.8 Å². The highest BCUT2D eigenvalue weighted by molar-refractivity contribution is 6.74. The number of ketones is 1. The molecule has 9 heteroatoms. The molecule has 212 valence electrons. The number of aryl methyl sites for hydroxylation is 1. The summed E-state index contributed by atoms with van der Waals surface area (Å²) in [6.07, 6.45) is -0.470. The lowest BCUT2D eigenvalue weighted by Crippen LogP contribution is -2.48. The van der Waals surface area contributed by atoms with Crippen molar-refractivity contribution in [2.24, 2.45) is 0 Å². The van der Waals surface area contributed by atoms with Crippen molar-refractivity contribution in [2.75, 3.05) is 7.11 Å². The first-order chi connectivity index (χ1) is 18.7. The van der Waals surface area contributed by atoms with Gasteiger partial charge in [0.15, 0.2) is 26.7 Å². The van der Waals surface area contributed by atoms with E-state index in [9.17, 15) is 24.6 Å². The Bertz CT molecular complexity index is 1480. The fraction of sp³-hybridized carbons (Fsp3) is 0.387. The van der Waals surface area contributed by atoms with Crippen molar-refractivity contribution in [3.05, 3.63) is 63.7 Å². The predicted molar refractivity (Wildman–Crippen MR) is 154 cm³/mol. The van der Waals surface area contributed by atoms with Crippen LogP contribution < -0.4 is 4.74 Å². The SMILES string of the molecule is COc1ccc(CO[C@H]2C[C@H](O[Si](C)(C)C(C)(C)C)C(=O)c3c2c(C=O)c2cc(C)c(C=O)c(O)c2c3O)cc1. The fourth-order valence-corrected chi connectivity index (χ4v) is 6.21. The maximum Gasteiger partial charge on any atom is 0.194 e. The van der Waals surface area contributed by atoms with Gasteiger partial charge in [0.1, 0.15) is 23.4 Å². The van der Waals surface area contributed by atoms with E-state index < -0.39 is 37.8 Å². The van der Waals surface area contributed by atoms with Crippen molar-refractivity contribution in [2.45, 2.75) is 71.1 Å². The molecule has 2 atom stereocenters. The number of Topliss-reactive ketones (excluding diaryl/α,β-unsaturated/α-hetero) is 1. The van der Waals surface area contributed by atoms with Crippen molar-refractivity contribution >= 4 is 37.4 Å². The van der Waals surface area contributed by atoms with Crippen LogP contribution in [0, 0.1) is 6.92 Å². The standard InChI is InChI=1S/C31H36O8Si/c1-17-12-20-22(15-33)25-23(38-16-18-8-10-19(37-5)11-9-18)13-24(39-40(6,7)31(2,3)4)29(35)27(25)30(36)26(20)28(34)21(17)14-32/h8-12,14-15,23-24,34,36H,13,16H2,1-7H3/t23-,24-/m0/s1. The Morgan fingerprint density at radius 3 is 2.17 bits per heavy atom. The van der Waals surface area contributed by atoms with Crippen LogP contribution in [-0.2, 0) is 15.8 Å². The summed E-state index contributed by atoms with van der Waals surface area (Å²) >= 11 is 0. The van der Waals surface area contributed by atoms with Gasteiger partial charge in [-0.25, -0.2) is 0 Å². The molecule has 0 aliphatic heterocycles. The predicted octanol–water partition coefficient (Wildman–Crippen LogP) is 6.43. The lowest BCUT2D eigenvalue weighted by atomic mass is 9.80. The Hall–Kier alpha value is -3.53. The summed E-state index contributed by atoms with van der Waals surface area (Å²) in [7, 11) is -0.863. The number of ether oxygens (including phenoxy) is 2. The molecule has 3 aromatic rings. The van der Waals surface area contributed by atoms with E-state index in [1.807, 2.05) is 37.4 Å². The third-order valence-corrected chi connectivity index (χ3v) is 12.7. The maximum atomic E-state index is 14.0. The number of aldehydes is 2. The topological polar surface area (TPSA) is 119 Å². The molecule has 1 aliphatic rings. The molecule has 0 saturated heterocycles. The molecule has 0 spiro atoms. The number of hydrogen-bond donors (Lipinski definition) is 2. The number of fused-ring (bicyclic) bond motifs is 2. The minimum atomic E-state index is -2.45. The average Bonchev–Trinajstić information content (AvgIpc) is 2.89. The second kappa shape index (κ2) is 10.8. The Morgan fingerprint density at radius 1 is 1.00 bits per heavy atom. The number of hydrogen-bond acceptors (Lipinski definition) is 8. The Labute approximate surface area is 235 Å².